The summed E-state index contributed by atoms with van der Waals surface area (Å²) in [5.74, 6) is 0.734. The lowest BCUT2D eigenvalue weighted by atomic mass is 10.1. The molecule has 4 nitrogen and oxygen atoms in total. The lowest BCUT2D eigenvalue weighted by Crippen LogP contribution is -2.17. The van der Waals surface area contributed by atoms with Gasteiger partial charge >= 0.3 is 0 Å². The quantitative estimate of drug-likeness (QED) is 0.630. The molecule has 2 aromatic carbocycles. The first-order chi connectivity index (χ1) is 10.8. The highest BCUT2D eigenvalue weighted by atomic mass is 16.5. The van der Waals surface area contributed by atoms with E-state index in [0.29, 0.717) is 19.4 Å². The highest BCUT2D eigenvalue weighted by molar-refractivity contribution is 5.82. The lowest BCUT2D eigenvalue weighted by molar-refractivity contribution is -0.121. The van der Waals surface area contributed by atoms with E-state index in [0.717, 1.165) is 16.9 Å². The average Bonchev–Trinajstić information content (AvgIpc) is 2.56. The standard InChI is InChI=1S/C18H20N2O2/c1-2-22-17-11-8-16(9-12-17)14-19-20-18(21)13-10-15-6-4-3-5-7-15/h3-9,11-12,14H,2,10,13H2,1H3,(H,20,21)/b19-14+. The number of rotatable bonds is 7. The molecule has 0 bridgehead atoms. The van der Waals surface area contributed by atoms with Crippen molar-refractivity contribution < 1.29 is 9.53 Å². The van der Waals surface area contributed by atoms with E-state index in [-0.39, 0.29) is 5.91 Å². The van der Waals surface area contributed by atoms with Crippen LogP contribution in [0.3, 0.4) is 0 Å². The van der Waals surface area contributed by atoms with Gasteiger partial charge in [-0.1, -0.05) is 30.3 Å². The molecule has 2 aromatic rings. The van der Waals surface area contributed by atoms with Gasteiger partial charge in [0.25, 0.3) is 0 Å². The number of amides is 1. The molecule has 0 heterocycles. The molecule has 0 aliphatic carbocycles. The molecule has 0 fully saturated rings. The van der Waals surface area contributed by atoms with E-state index in [1.807, 2.05) is 61.5 Å². The Balaban J connectivity index is 1.75. The first-order valence-electron chi connectivity index (χ1n) is 7.36. The van der Waals surface area contributed by atoms with Crippen molar-refractivity contribution in [1.29, 1.82) is 0 Å². The molecule has 1 amide bonds. The van der Waals surface area contributed by atoms with Crippen LogP contribution in [-0.4, -0.2) is 18.7 Å². The summed E-state index contributed by atoms with van der Waals surface area (Å²) in [6.07, 6.45) is 2.76. The van der Waals surface area contributed by atoms with Gasteiger partial charge in [0.05, 0.1) is 12.8 Å². The van der Waals surface area contributed by atoms with Gasteiger partial charge in [-0.25, -0.2) is 5.43 Å². The smallest absolute Gasteiger partial charge is 0.240 e. The largest absolute Gasteiger partial charge is 0.494 e. The maximum Gasteiger partial charge on any atom is 0.240 e. The Morgan fingerprint density at radius 2 is 1.86 bits per heavy atom. The molecule has 2 rings (SSSR count). The van der Waals surface area contributed by atoms with Crippen LogP contribution in [0.15, 0.2) is 59.7 Å². The number of carbonyl (C=O) groups excluding carboxylic acids is 1. The van der Waals surface area contributed by atoms with Crippen LogP contribution in [0.2, 0.25) is 0 Å². The summed E-state index contributed by atoms with van der Waals surface area (Å²) in [5, 5.41) is 3.96. The molecule has 0 saturated carbocycles. The molecule has 114 valence electrons. The van der Waals surface area contributed by atoms with Crippen molar-refractivity contribution in [3.63, 3.8) is 0 Å². The number of carbonyl (C=O) groups is 1. The Morgan fingerprint density at radius 1 is 1.14 bits per heavy atom. The van der Waals surface area contributed by atoms with Crippen molar-refractivity contribution in [3.8, 4) is 5.75 Å². The second kappa shape index (κ2) is 8.62. The van der Waals surface area contributed by atoms with Crippen LogP contribution in [0.25, 0.3) is 0 Å². The van der Waals surface area contributed by atoms with E-state index >= 15 is 0 Å². The minimum atomic E-state index is -0.0916. The Bertz CT molecular complexity index is 607. The van der Waals surface area contributed by atoms with Crippen LogP contribution in [0, 0.1) is 0 Å². The third-order valence-corrected chi connectivity index (χ3v) is 3.08. The van der Waals surface area contributed by atoms with Gasteiger partial charge in [-0.2, -0.15) is 5.10 Å². The van der Waals surface area contributed by atoms with Crippen LogP contribution < -0.4 is 10.2 Å². The predicted molar refractivity (Wildman–Crippen MR) is 88.1 cm³/mol. The predicted octanol–water partition coefficient (Wildman–Crippen LogP) is 3.17. The van der Waals surface area contributed by atoms with Crippen molar-refractivity contribution in [1.82, 2.24) is 5.43 Å². The Kier molecular flexibility index (Phi) is 6.18. The fraction of sp³-hybridized carbons (Fsp3) is 0.222. The molecule has 0 aliphatic heterocycles. The zero-order valence-corrected chi connectivity index (χ0v) is 12.7. The summed E-state index contributed by atoms with van der Waals surface area (Å²) in [4.78, 5) is 11.7. The van der Waals surface area contributed by atoms with E-state index in [1.54, 1.807) is 6.21 Å². The number of hydrogen-bond donors (Lipinski definition) is 1. The van der Waals surface area contributed by atoms with Gasteiger partial charge in [-0.15, -0.1) is 0 Å². The van der Waals surface area contributed by atoms with E-state index in [2.05, 4.69) is 10.5 Å². The number of nitrogens with zero attached hydrogens (tertiary/aromatic N) is 1. The highest BCUT2D eigenvalue weighted by Gasteiger charge is 2.00. The summed E-state index contributed by atoms with van der Waals surface area (Å²) >= 11 is 0. The van der Waals surface area contributed by atoms with E-state index in [1.165, 1.54) is 0 Å². The van der Waals surface area contributed by atoms with Crippen molar-refractivity contribution in [2.75, 3.05) is 6.61 Å². The van der Waals surface area contributed by atoms with Crippen LogP contribution >= 0.6 is 0 Å². The third kappa shape index (κ3) is 5.40. The minimum Gasteiger partial charge on any atom is -0.494 e. The molecule has 0 atom stereocenters. The van der Waals surface area contributed by atoms with Crippen LogP contribution in [0.1, 0.15) is 24.5 Å². The molecule has 0 unspecified atom stereocenters. The van der Waals surface area contributed by atoms with Gasteiger partial charge in [0, 0.05) is 6.42 Å². The first kappa shape index (κ1) is 15.8. The summed E-state index contributed by atoms with van der Waals surface area (Å²) in [6.45, 7) is 2.59. The van der Waals surface area contributed by atoms with Crippen molar-refractivity contribution >= 4 is 12.1 Å². The SMILES string of the molecule is CCOc1ccc(/C=N/NC(=O)CCc2ccccc2)cc1. The number of nitrogens with one attached hydrogen (secondary N) is 1. The van der Waals surface area contributed by atoms with E-state index < -0.39 is 0 Å². The summed E-state index contributed by atoms with van der Waals surface area (Å²) < 4.78 is 5.36. The maximum atomic E-state index is 11.7. The summed E-state index contributed by atoms with van der Waals surface area (Å²) in [7, 11) is 0. The fourth-order valence-electron chi connectivity index (χ4n) is 1.95. The molecule has 22 heavy (non-hydrogen) atoms. The van der Waals surface area contributed by atoms with Crippen LogP contribution in [-0.2, 0) is 11.2 Å². The summed E-state index contributed by atoms with van der Waals surface area (Å²) in [5.41, 5.74) is 4.60. The van der Waals surface area contributed by atoms with Crippen molar-refractivity contribution in [2.45, 2.75) is 19.8 Å². The molecule has 1 N–H and O–H groups in total. The van der Waals surface area contributed by atoms with Crippen molar-refractivity contribution in [3.05, 3.63) is 65.7 Å². The Hall–Kier alpha value is -2.62. The monoisotopic (exact) mass is 296 g/mol. The molecule has 0 aliphatic rings. The van der Waals surface area contributed by atoms with E-state index in [9.17, 15) is 4.79 Å². The molecule has 0 radical (unpaired) electrons. The molecular formula is C18H20N2O2. The van der Waals surface area contributed by atoms with Gasteiger partial charge in [0.2, 0.25) is 5.91 Å². The number of hydrogen-bond acceptors (Lipinski definition) is 3. The zero-order valence-electron chi connectivity index (χ0n) is 12.7. The number of benzene rings is 2. The molecular weight excluding hydrogens is 276 g/mol. The second-order valence-electron chi connectivity index (χ2n) is 4.78. The van der Waals surface area contributed by atoms with Crippen LogP contribution in [0.4, 0.5) is 0 Å². The van der Waals surface area contributed by atoms with Gasteiger partial charge < -0.3 is 4.74 Å². The highest BCUT2D eigenvalue weighted by Crippen LogP contribution is 2.10. The number of aryl methyl sites for hydroxylation is 1. The Labute approximate surface area is 130 Å². The van der Waals surface area contributed by atoms with Gasteiger partial charge in [0.15, 0.2) is 0 Å². The molecule has 0 aromatic heterocycles. The number of hydrazone groups is 1. The van der Waals surface area contributed by atoms with Gasteiger partial charge in [-0.3, -0.25) is 4.79 Å². The van der Waals surface area contributed by atoms with Gasteiger partial charge in [0.1, 0.15) is 5.75 Å². The average molecular weight is 296 g/mol. The molecule has 4 heteroatoms. The Morgan fingerprint density at radius 3 is 2.55 bits per heavy atom. The first-order valence-corrected chi connectivity index (χ1v) is 7.36. The maximum absolute atomic E-state index is 11.7. The minimum absolute atomic E-state index is 0.0916. The second-order valence-corrected chi connectivity index (χ2v) is 4.78. The molecule has 0 saturated heterocycles. The lowest BCUT2D eigenvalue weighted by Gasteiger charge is -2.02. The topological polar surface area (TPSA) is 50.7 Å². The number of ether oxygens (including phenoxy) is 1. The van der Waals surface area contributed by atoms with Crippen LogP contribution in [0.5, 0.6) is 5.75 Å². The van der Waals surface area contributed by atoms with Gasteiger partial charge in [-0.05, 0) is 48.7 Å². The van der Waals surface area contributed by atoms with Crippen molar-refractivity contribution in [2.24, 2.45) is 5.10 Å². The summed E-state index contributed by atoms with van der Waals surface area (Å²) in [6, 6.07) is 17.5. The van der Waals surface area contributed by atoms with E-state index in [4.69, 9.17) is 4.74 Å². The molecule has 0 spiro atoms. The third-order valence-electron chi connectivity index (χ3n) is 3.08. The zero-order chi connectivity index (χ0) is 15.6. The fourth-order valence-corrected chi connectivity index (χ4v) is 1.95. The normalized spacial score (nSPS) is 10.6.